The number of rotatable bonds is 3. The lowest BCUT2D eigenvalue weighted by molar-refractivity contribution is -0.387. The zero-order valence-electron chi connectivity index (χ0n) is 10.3. The molecule has 0 spiro atoms. The number of carbonyl (C=O) groups is 1. The van der Waals surface area contributed by atoms with Crippen LogP contribution in [-0.4, -0.2) is 10.8 Å². The van der Waals surface area contributed by atoms with Crippen molar-refractivity contribution >= 4 is 51.5 Å². The molecule has 0 saturated heterocycles. The van der Waals surface area contributed by atoms with Gasteiger partial charge in [-0.05, 0) is 52.9 Å². The first kappa shape index (κ1) is 15.6. The number of hydrogen-bond acceptors (Lipinski definition) is 3. The molecular formula is C13H7ClFIN2O3. The van der Waals surface area contributed by atoms with Gasteiger partial charge in [-0.3, -0.25) is 14.9 Å². The quantitative estimate of drug-likeness (QED) is 0.458. The number of nitro groups is 1. The van der Waals surface area contributed by atoms with Gasteiger partial charge in [0.15, 0.2) is 0 Å². The van der Waals surface area contributed by atoms with E-state index in [2.05, 4.69) is 5.32 Å². The summed E-state index contributed by atoms with van der Waals surface area (Å²) in [7, 11) is 0. The molecule has 0 fully saturated rings. The van der Waals surface area contributed by atoms with Crippen molar-refractivity contribution in [3.8, 4) is 0 Å². The normalized spacial score (nSPS) is 10.2. The highest BCUT2D eigenvalue weighted by Crippen LogP contribution is 2.24. The summed E-state index contributed by atoms with van der Waals surface area (Å²) in [5.41, 5.74) is -0.166. The van der Waals surface area contributed by atoms with E-state index in [0.29, 0.717) is 10.7 Å². The maximum Gasteiger partial charge on any atom is 0.304 e. The summed E-state index contributed by atoms with van der Waals surface area (Å²) in [5.74, 6) is -1.62. The first-order valence-electron chi connectivity index (χ1n) is 5.59. The third-order valence-electron chi connectivity index (χ3n) is 2.59. The van der Waals surface area contributed by atoms with Crippen LogP contribution in [0.25, 0.3) is 0 Å². The van der Waals surface area contributed by atoms with E-state index < -0.39 is 22.3 Å². The second kappa shape index (κ2) is 6.35. The molecule has 2 rings (SSSR count). The summed E-state index contributed by atoms with van der Waals surface area (Å²) < 4.78 is 14.2. The van der Waals surface area contributed by atoms with Gasteiger partial charge in [0.25, 0.3) is 5.91 Å². The van der Waals surface area contributed by atoms with E-state index >= 15 is 0 Å². The number of nitrogens with one attached hydrogen (secondary N) is 1. The number of amides is 1. The van der Waals surface area contributed by atoms with Gasteiger partial charge in [0, 0.05) is 20.2 Å². The van der Waals surface area contributed by atoms with Gasteiger partial charge >= 0.3 is 5.69 Å². The summed E-state index contributed by atoms with van der Waals surface area (Å²) in [6, 6.07) is 7.86. The molecule has 5 nitrogen and oxygen atoms in total. The molecule has 0 saturated carbocycles. The Kier molecular flexibility index (Phi) is 4.73. The Labute approximate surface area is 137 Å². The van der Waals surface area contributed by atoms with E-state index in [1.54, 1.807) is 18.2 Å². The van der Waals surface area contributed by atoms with Crippen LogP contribution in [0.1, 0.15) is 10.4 Å². The Morgan fingerprint density at radius 3 is 2.57 bits per heavy atom. The molecule has 1 N–H and O–H groups in total. The Hall–Kier alpha value is -1.74. The van der Waals surface area contributed by atoms with Crippen LogP contribution >= 0.6 is 34.2 Å². The van der Waals surface area contributed by atoms with Crippen LogP contribution in [0.4, 0.5) is 15.8 Å². The zero-order valence-corrected chi connectivity index (χ0v) is 13.2. The Morgan fingerprint density at radius 2 is 2.00 bits per heavy atom. The molecule has 2 aromatic carbocycles. The highest BCUT2D eigenvalue weighted by Gasteiger charge is 2.17. The lowest BCUT2D eigenvalue weighted by atomic mass is 10.2. The summed E-state index contributed by atoms with van der Waals surface area (Å²) in [5, 5.41) is 13.6. The van der Waals surface area contributed by atoms with Crippen LogP contribution in [0.5, 0.6) is 0 Å². The smallest absolute Gasteiger partial charge is 0.304 e. The lowest BCUT2D eigenvalue weighted by Crippen LogP contribution is -2.13. The van der Waals surface area contributed by atoms with E-state index in [1.165, 1.54) is 6.07 Å². The van der Waals surface area contributed by atoms with Gasteiger partial charge in [-0.1, -0.05) is 11.6 Å². The molecule has 0 atom stereocenters. The van der Waals surface area contributed by atoms with E-state index in [0.717, 1.165) is 15.7 Å². The van der Waals surface area contributed by atoms with Crippen molar-refractivity contribution in [3.05, 3.63) is 66.5 Å². The summed E-state index contributed by atoms with van der Waals surface area (Å²) in [4.78, 5) is 21.7. The summed E-state index contributed by atoms with van der Waals surface area (Å²) >= 11 is 7.80. The number of carbonyl (C=O) groups excluding carboxylic acids is 1. The minimum atomic E-state index is -1.06. The van der Waals surface area contributed by atoms with E-state index in [1.807, 2.05) is 22.6 Å². The van der Waals surface area contributed by atoms with Crippen LogP contribution in [-0.2, 0) is 0 Å². The predicted molar refractivity (Wildman–Crippen MR) is 85.2 cm³/mol. The molecule has 0 aromatic heterocycles. The largest absolute Gasteiger partial charge is 0.321 e. The second-order valence-electron chi connectivity index (χ2n) is 4.00. The fourth-order valence-electron chi connectivity index (χ4n) is 1.58. The van der Waals surface area contributed by atoms with Gasteiger partial charge in [0.2, 0.25) is 5.82 Å². The molecular weight excluding hydrogens is 414 g/mol. The monoisotopic (exact) mass is 420 g/mol. The highest BCUT2D eigenvalue weighted by molar-refractivity contribution is 14.1. The molecule has 0 aliphatic heterocycles. The molecule has 1 amide bonds. The fraction of sp³-hybridized carbons (Fsp3) is 0. The first-order chi connectivity index (χ1) is 9.88. The topological polar surface area (TPSA) is 72.2 Å². The molecule has 108 valence electrons. The molecule has 2 aromatic rings. The summed E-state index contributed by atoms with van der Waals surface area (Å²) in [6.07, 6.45) is 0. The maximum absolute atomic E-state index is 13.5. The van der Waals surface area contributed by atoms with Gasteiger partial charge < -0.3 is 5.32 Å². The number of nitrogens with zero attached hydrogens (tertiary/aromatic N) is 1. The van der Waals surface area contributed by atoms with Crippen molar-refractivity contribution in [3.63, 3.8) is 0 Å². The summed E-state index contributed by atoms with van der Waals surface area (Å²) in [6.45, 7) is 0. The Balaban J connectivity index is 2.24. The lowest BCUT2D eigenvalue weighted by Gasteiger charge is -2.08. The van der Waals surface area contributed by atoms with Crippen molar-refractivity contribution in [2.24, 2.45) is 0 Å². The molecule has 21 heavy (non-hydrogen) atoms. The first-order valence-corrected chi connectivity index (χ1v) is 7.04. The van der Waals surface area contributed by atoms with E-state index in [9.17, 15) is 19.3 Å². The molecule has 0 aliphatic carbocycles. The van der Waals surface area contributed by atoms with Crippen molar-refractivity contribution < 1.29 is 14.1 Å². The highest BCUT2D eigenvalue weighted by atomic mass is 127. The van der Waals surface area contributed by atoms with Crippen molar-refractivity contribution in [1.29, 1.82) is 0 Å². The Morgan fingerprint density at radius 1 is 1.29 bits per heavy atom. The van der Waals surface area contributed by atoms with Gasteiger partial charge in [0.1, 0.15) is 0 Å². The minimum absolute atomic E-state index is 0.0103. The molecule has 0 radical (unpaired) electrons. The molecule has 0 aliphatic rings. The Bertz CT molecular complexity index is 739. The third-order valence-corrected chi connectivity index (χ3v) is 3.71. The minimum Gasteiger partial charge on any atom is -0.321 e. The molecule has 0 unspecified atom stereocenters. The number of nitro benzene ring substituents is 1. The number of benzene rings is 2. The number of anilines is 1. The van der Waals surface area contributed by atoms with E-state index in [4.69, 9.17) is 11.6 Å². The van der Waals surface area contributed by atoms with Gasteiger partial charge in [-0.15, -0.1) is 0 Å². The number of halogens is 3. The van der Waals surface area contributed by atoms with Gasteiger partial charge in [-0.25, -0.2) is 0 Å². The predicted octanol–water partition coefficient (Wildman–Crippen LogP) is 4.24. The standard InChI is InChI=1S/C13H7ClFIN2O3/c14-8-2-3-11(10(16)6-8)17-13(19)7-1-4-12(18(20)21)9(15)5-7/h1-6H,(H,17,19). The van der Waals surface area contributed by atoms with Crippen molar-refractivity contribution in [2.45, 2.75) is 0 Å². The second-order valence-corrected chi connectivity index (χ2v) is 5.60. The molecule has 0 heterocycles. The maximum atomic E-state index is 13.5. The fourth-order valence-corrected chi connectivity index (χ4v) is 2.59. The van der Waals surface area contributed by atoms with Crippen molar-refractivity contribution in [2.75, 3.05) is 5.32 Å². The van der Waals surface area contributed by atoms with Crippen LogP contribution in [0.15, 0.2) is 36.4 Å². The van der Waals surface area contributed by atoms with Crippen molar-refractivity contribution in [1.82, 2.24) is 0 Å². The van der Waals surface area contributed by atoms with Crippen LogP contribution in [0, 0.1) is 19.5 Å². The van der Waals surface area contributed by atoms with Crippen LogP contribution in [0.2, 0.25) is 5.02 Å². The van der Waals surface area contributed by atoms with Crippen LogP contribution in [0.3, 0.4) is 0 Å². The van der Waals surface area contributed by atoms with Gasteiger partial charge in [-0.2, -0.15) is 4.39 Å². The number of hydrogen-bond donors (Lipinski definition) is 1. The zero-order chi connectivity index (χ0) is 15.6. The molecule has 8 heteroatoms. The SMILES string of the molecule is O=C(Nc1ccc(Cl)cc1I)c1ccc([N+](=O)[O-])c(F)c1. The van der Waals surface area contributed by atoms with Crippen LogP contribution < -0.4 is 5.32 Å². The van der Waals surface area contributed by atoms with E-state index in [-0.39, 0.29) is 5.56 Å². The average molecular weight is 421 g/mol. The third kappa shape index (κ3) is 3.67. The van der Waals surface area contributed by atoms with Gasteiger partial charge in [0.05, 0.1) is 10.6 Å². The average Bonchev–Trinajstić information content (AvgIpc) is 2.41. The molecule has 0 bridgehead atoms.